The Kier molecular flexibility index (Phi) is 12.5. The van der Waals surface area contributed by atoms with E-state index >= 15 is 0 Å². The van der Waals surface area contributed by atoms with Gasteiger partial charge in [-0.1, -0.05) is 37.5 Å². The number of ether oxygens (including phenoxy) is 1. The summed E-state index contributed by atoms with van der Waals surface area (Å²) in [6.07, 6.45) is -4.81. The second-order valence-corrected chi connectivity index (χ2v) is 8.45. The molecule has 13 heteroatoms. The van der Waals surface area contributed by atoms with Crippen LogP contribution in [0.25, 0.3) is 0 Å². The van der Waals surface area contributed by atoms with Crippen molar-refractivity contribution in [2.24, 2.45) is 5.73 Å². The predicted molar refractivity (Wildman–Crippen MR) is 149 cm³/mol. The molecule has 3 aromatic carbocycles. The summed E-state index contributed by atoms with van der Waals surface area (Å²) in [5.74, 6) is 3.81. The molecule has 0 unspecified atom stereocenters. The summed E-state index contributed by atoms with van der Waals surface area (Å²) < 4.78 is 41.6. The zero-order chi connectivity index (χ0) is 29.8. The number of hydrogen-bond donors (Lipinski definition) is 6. The Morgan fingerprint density at radius 2 is 1.52 bits per heavy atom. The summed E-state index contributed by atoms with van der Waals surface area (Å²) in [5.41, 5.74) is 9.17. The van der Waals surface area contributed by atoms with Crippen molar-refractivity contribution in [3.63, 3.8) is 0 Å². The maximum absolute atomic E-state index is 12.5. The molecule has 0 aliphatic rings. The standard InChI is InChI=1S/C28H26F3N5O5.CH4/c29-28(30,31)41-24-4-2-1-3-21(24)16-33-17-25(37)34-22-13-9-19(10-14-22)6-5-18-7-11-20(12-8-18)26(38)35-23(15-32)27(39)36-40;/h1-4,7-14,23,33,40H,15-17,32H2,(H,34,37)(H,35,38)(H,36,39);1H4/t23-;/m0./s1. The van der Waals surface area contributed by atoms with E-state index in [0.717, 1.165) is 0 Å². The van der Waals surface area contributed by atoms with Gasteiger partial charge in [0.2, 0.25) is 5.91 Å². The molecule has 1 atom stereocenters. The summed E-state index contributed by atoms with van der Waals surface area (Å²) in [4.78, 5) is 36.0. The van der Waals surface area contributed by atoms with Crippen LogP contribution in [0.3, 0.4) is 0 Å². The van der Waals surface area contributed by atoms with Gasteiger partial charge < -0.3 is 26.4 Å². The third-order valence-corrected chi connectivity index (χ3v) is 5.43. The van der Waals surface area contributed by atoms with Gasteiger partial charge in [-0.15, -0.1) is 13.2 Å². The van der Waals surface area contributed by atoms with Crippen molar-refractivity contribution in [1.29, 1.82) is 0 Å². The van der Waals surface area contributed by atoms with Gasteiger partial charge in [0.1, 0.15) is 11.8 Å². The van der Waals surface area contributed by atoms with Crippen LogP contribution in [0.5, 0.6) is 5.75 Å². The monoisotopic (exact) mass is 585 g/mol. The topological polar surface area (TPSA) is 155 Å². The number of nitrogens with two attached hydrogens (primary N) is 1. The lowest BCUT2D eigenvalue weighted by Crippen LogP contribution is -2.50. The van der Waals surface area contributed by atoms with Gasteiger partial charge in [0.25, 0.3) is 11.8 Å². The van der Waals surface area contributed by atoms with Crippen molar-refractivity contribution in [3.05, 3.63) is 95.1 Å². The SMILES string of the molecule is C.NC[C@H](NC(=O)c1ccc(C#Cc2ccc(NC(=O)CNCc3ccccc3OC(F)(F)F)cc2)cc1)C(=O)NO. The smallest absolute Gasteiger partial charge is 0.405 e. The van der Waals surface area contributed by atoms with Gasteiger partial charge in [-0.05, 0) is 54.6 Å². The largest absolute Gasteiger partial charge is 0.573 e. The first-order chi connectivity index (χ1) is 19.6. The molecule has 3 rings (SSSR count). The average Bonchev–Trinajstić information content (AvgIpc) is 2.95. The van der Waals surface area contributed by atoms with Crippen LogP contribution in [-0.4, -0.2) is 48.4 Å². The van der Waals surface area contributed by atoms with Crippen LogP contribution in [0.1, 0.15) is 34.5 Å². The van der Waals surface area contributed by atoms with Crippen LogP contribution in [0.15, 0.2) is 72.8 Å². The van der Waals surface area contributed by atoms with Gasteiger partial charge in [-0.2, -0.15) is 0 Å². The van der Waals surface area contributed by atoms with E-state index in [4.69, 9.17) is 10.9 Å². The molecule has 0 heterocycles. The molecule has 0 spiro atoms. The van der Waals surface area contributed by atoms with E-state index in [1.165, 1.54) is 35.8 Å². The van der Waals surface area contributed by atoms with Crippen LogP contribution < -0.4 is 31.9 Å². The number of rotatable bonds is 10. The third-order valence-electron chi connectivity index (χ3n) is 5.43. The summed E-state index contributed by atoms with van der Waals surface area (Å²) in [5, 5.41) is 16.6. The van der Waals surface area contributed by atoms with Gasteiger partial charge in [-0.25, -0.2) is 5.48 Å². The molecule has 0 fully saturated rings. The number of amides is 3. The molecule has 0 aliphatic heterocycles. The number of carbonyl (C=O) groups is 3. The van der Waals surface area contributed by atoms with Gasteiger partial charge in [0.05, 0.1) is 6.54 Å². The highest BCUT2D eigenvalue weighted by Crippen LogP contribution is 2.26. The highest BCUT2D eigenvalue weighted by molar-refractivity contribution is 5.97. The zero-order valence-electron chi connectivity index (χ0n) is 21.4. The quantitative estimate of drug-likeness (QED) is 0.121. The molecular weight excluding hydrogens is 555 g/mol. The Bertz CT molecular complexity index is 1420. The minimum atomic E-state index is -4.81. The van der Waals surface area contributed by atoms with Crippen LogP contribution in [0.4, 0.5) is 18.9 Å². The summed E-state index contributed by atoms with van der Waals surface area (Å²) in [6.45, 7) is -0.341. The molecule has 3 amide bonds. The first kappa shape index (κ1) is 33.3. The summed E-state index contributed by atoms with van der Waals surface area (Å²) in [6, 6.07) is 17.6. The first-order valence-corrected chi connectivity index (χ1v) is 12.1. The van der Waals surface area contributed by atoms with Crippen LogP contribution in [0, 0.1) is 11.8 Å². The van der Waals surface area contributed by atoms with Crippen molar-refractivity contribution in [1.82, 2.24) is 16.1 Å². The normalized spacial score (nSPS) is 11.2. The molecule has 10 nitrogen and oxygen atoms in total. The van der Waals surface area contributed by atoms with Gasteiger partial charge in [-0.3, -0.25) is 19.6 Å². The molecule has 0 saturated carbocycles. The number of carbonyl (C=O) groups excluding carboxylic acids is 3. The number of benzene rings is 3. The number of hydroxylamine groups is 1. The second kappa shape index (κ2) is 15.8. The van der Waals surface area contributed by atoms with E-state index < -0.39 is 30.1 Å². The van der Waals surface area contributed by atoms with Crippen molar-refractivity contribution in [2.75, 3.05) is 18.4 Å². The molecule has 0 saturated heterocycles. The molecule has 42 heavy (non-hydrogen) atoms. The number of alkyl halides is 3. The minimum absolute atomic E-state index is 0. The number of nitrogens with one attached hydrogen (secondary N) is 4. The zero-order valence-corrected chi connectivity index (χ0v) is 21.4. The molecule has 0 radical (unpaired) electrons. The van der Waals surface area contributed by atoms with Crippen molar-refractivity contribution in [2.45, 2.75) is 26.4 Å². The van der Waals surface area contributed by atoms with E-state index in [2.05, 4.69) is 32.5 Å². The Morgan fingerprint density at radius 1 is 0.929 bits per heavy atom. The highest BCUT2D eigenvalue weighted by Gasteiger charge is 2.31. The van der Waals surface area contributed by atoms with Gasteiger partial charge >= 0.3 is 6.36 Å². The van der Waals surface area contributed by atoms with E-state index in [1.54, 1.807) is 42.5 Å². The lowest BCUT2D eigenvalue weighted by Gasteiger charge is -2.14. The van der Waals surface area contributed by atoms with Crippen molar-refractivity contribution in [3.8, 4) is 17.6 Å². The lowest BCUT2D eigenvalue weighted by atomic mass is 10.1. The third kappa shape index (κ3) is 10.6. The summed E-state index contributed by atoms with van der Waals surface area (Å²) >= 11 is 0. The second-order valence-electron chi connectivity index (χ2n) is 8.45. The summed E-state index contributed by atoms with van der Waals surface area (Å²) in [7, 11) is 0. The fraction of sp³-hybridized carbons (Fsp3) is 0.207. The Labute approximate surface area is 240 Å². The Balaban J connectivity index is 0.00000616. The molecule has 0 aromatic heterocycles. The Hall–Kier alpha value is -4.90. The number of hydrogen-bond acceptors (Lipinski definition) is 7. The fourth-order valence-corrected chi connectivity index (χ4v) is 3.43. The van der Waals surface area contributed by atoms with E-state index in [1.807, 2.05) is 0 Å². The highest BCUT2D eigenvalue weighted by atomic mass is 19.4. The van der Waals surface area contributed by atoms with Crippen molar-refractivity contribution < 1.29 is 37.5 Å². The van der Waals surface area contributed by atoms with Crippen LogP contribution in [0.2, 0.25) is 0 Å². The van der Waals surface area contributed by atoms with Crippen LogP contribution in [-0.2, 0) is 16.1 Å². The van der Waals surface area contributed by atoms with Crippen LogP contribution >= 0.6 is 0 Å². The fourth-order valence-electron chi connectivity index (χ4n) is 3.43. The number of halogens is 3. The molecule has 222 valence electrons. The lowest BCUT2D eigenvalue weighted by molar-refractivity contribution is -0.274. The van der Waals surface area contributed by atoms with E-state index in [-0.39, 0.29) is 43.9 Å². The minimum Gasteiger partial charge on any atom is -0.405 e. The molecule has 0 aliphatic carbocycles. The number of anilines is 1. The van der Waals surface area contributed by atoms with E-state index in [0.29, 0.717) is 16.8 Å². The molecule has 7 N–H and O–H groups in total. The molecular formula is C29H30F3N5O5. The Morgan fingerprint density at radius 3 is 2.10 bits per heavy atom. The van der Waals surface area contributed by atoms with E-state index in [9.17, 15) is 27.6 Å². The van der Waals surface area contributed by atoms with Crippen molar-refractivity contribution >= 4 is 23.4 Å². The predicted octanol–water partition coefficient (Wildman–Crippen LogP) is 2.91. The first-order valence-electron chi connectivity index (χ1n) is 12.1. The maximum atomic E-state index is 12.5. The average molecular weight is 586 g/mol. The van der Waals surface area contributed by atoms with Gasteiger partial charge in [0, 0.05) is 41.0 Å². The number of para-hydroxylation sites is 1. The molecule has 0 bridgehead atoms. The van der Waals surface area contributed by atoms with Gasteiger partial charge in [0.15, 0.2) is 0 Å². The molecule has 3 aromatic rings. The maximum Gasteiger partial charge on any atom is 0.573 e.